The number of aliphatic hydroxyl groups is 1. The van der Waals surface area contributed by atoms with Crippen LogP contribution in [0.4, 0.5) is 57.1 Å². The fraction of sp³-hybridized carbons (Fsp3) is 0.241. The zero-order chi connectivity index (χ0) is 85.6. The minimum atomic E-state index is -4.12. The molecule has 0 spiro atoms. The van der Waals surface area contributed by atoms with Crippen LogP contribution in [0.25, 0.3) is 54.8 Å². The van der Waals surface area contributed by atoms with Gasteiger partial charge in [-0.15, -0.1) is 0 Å². The SMILES string of the molecule is CCOC(=O)C(=O)c1cc2cc(F)ccc2o1.CCOC(=O)C(F)(F)c1cc2cc(F)ccc2o1.COC(COc1ccc(F)cc1)OC.Fc1ccc2occc2c1.O=C(N[C@H](CN1CCCC1)[C@H](O)c1ccc2c(c1)OCCO2)C(F)(F)c1cc2cc(F)ccc2o1.O=C(O)C(F)(F)c1cc2cc(F)ccc2o1.Oc1ccc(F)cc1. The third-order valence-corrected chi connectivity index (χ3v) is 16.8. The van der Waals surface area contributed by atoms with Crippen molar-refractivity contribution < 1.29 is 152 Å². The summed E-state index contributed by atoms with van der Waals surface area (Å²) >= 11 is 0. The molecule has 2 aliphatic heterocycles. The molecule has 0 saturated carbocycles. The quantitative estimate of drug-likeness (QED) is 0.0181. The van der Waals surface area contributed by atoms with E-state index < -0.39 is 106 Å². The number of amides is 1. The average molecular weight is 1660 g/mol. The van der Waals surface area contributed by atoms with Crippen molar-refractivity contribution in [1.29, 1.82) is 0 Å². The zero-order valence-corrected chi connectivity index (χ0v) is 62.4. The lowest BCUT2D eigenvalue weighted by Crippen LogP contribution is -2.50. The monoisotopic (exact) mass is 1660 g/mol. The molecule has 1 saturated heterocycles. The summed E-state index contributed by atoms with van der Waals surface area (Å²) in [4.78, 5) is 58.9. The minimum Gasteiger partial charge on any atom is -0.508 e. The van der Waals surface area contributed by atoms with E-state index in [0.29, 0.717) is 47.0 Å². The van der Waals surface area contributed by atoms with E-state index in [-0.39, 0.29) is 88.2 Å². The van der Waals surface area contributed by atoms with Crippen molar-refractivity contribution in [3.8, 4) is 23.0 Å². The molecule has 13 aromatic rings. The van der Waals surface area contributed by atoms with E-state index in [1.165, 1.54) is 106 Å². The highest BCUT2D eigenvalue weighted by atomic mass is 19.3. The number of phenols is 1. The summed E-state index contributed by atoms with van der Waals surface area (Å²) in [5.74, 6) is -23.8. The first-order valence-electron chi connectivity index (χ1n) is 35.3. The number of esters is 2. The molecular weight excluding hydrogens is 1590 g/mol. The number of rotatable bonds is 20. The molecule has 8 aromatic carbocycles. The van der Waals surface area contributed by atoms with Crippen molar-refractivity contribution in [3.05, 3.63) is 264 Å². The van der Waals surface area contributed by atoms with Gasteiger partial charge in [-0.2, -0.15) is 26.3 Å². The van der Waals surface area contributed by atoms with Crippen LogP contribution in [0.15, 0.2) is 216 Å². The molecule has 0 bridgehead atoms. The number of aliphatic carboxylic acids is 1. The Morgan fingerprint density at radius 3 is 1.42 bits per heavy atom. The van der Waals surface area contributed by atoms with Crippen LogP contribution in [0.2, 0.25) is 0 Å². The van der Waals surface area contributed by atoms with Crippen molar-refractivity contribution >= 4 is 84.4 Å². The summed E-state index contributed by atoms with van der Waals surface area (Å²) in [6, 6.07) is 38.5. The van der Waals surface area contributed by atoms with Gasteiger partial charge in [-0.05, 0) is 227 Å². The molecule has 22 nitrogen and oxygen atoms in total. The predicted octanol–water partition coefficient (Wildman–Crippen LogP) is 18.0. The number of hydrogen-bond donors (Lipinski definition) is 4. The number of carboxylic acid groups (broad SMARTS) is 1. The molecule has 15 rings (SSSR count). The summed E-state index contributed by atoms with van der Waals surface area (Å²) < 4.78 is 232. The number of nitrogens with one attached hydrogen (secondary N) is 1. The number of Topliss-reactive ketones (excluding diaryl/α,β-unsaturated/α-hetero) is 1. The van der Waals surface area contributed by atoms with E-state index in [9.17, 15) is 77.4 Å². The number of benzene rings is 8. The maximum atomic E-state index is 15.1. The molecule has 5 aromatic heterocycles. The standard InChI is InChI=1S/C25H25F3N2O5.C12H9F3O3.C12H9FO4.C10H5F3O3.C10H13FO3.C8H5FO.C6H5FO/c26-17-4-6-19-16(11-17)13-22(35-19)25(27,28)24(32)29-18(14-30-7-1-2-8-30)23(31)15-3-5-20-21(12-15)34-10-9-33-20;1-2-17-11(16)12(14,15)10-6-7-5-8(13)3-4-9(7)18-10;1-2-16-12(15)11(14)10-6-7-5-8(13)3-4-9(7)17-10;11-6-1-2-7-5(3-6)4-8(16-7)10(12,13)9(14)15;1-12-10(13-2)7-14-9-5-3-8(11)4-6-9;9-7-1-2-8-6(5-7)3-4-10-8;7-5-1-3-6(8)4-2-5/h3-6,11-13,18,23,31H,1-2,7-10,14H2,(H,29,32);3-6H,2H2,1H3;3-6H,2H2,1H3;1-4H,(H,14,15);3-6,10H,7H2,1-2H3;1-5H;1-4,8H/t18-,23-;;;;;;/m1....../s1. The van der Waals surface area contributed by atoms with E-state index in [1.807, 2.05) is 4.90 Å². The van der Waals surface area contributed by atoms with Crippen LogP contribution in [-0.4, -0.2) is 129 Å². The van der Waals surface area contributed by atoms with Crippen LogP contribution in [0.3, 0.4) is 0 Å². The predicted molar refractivity (Wildman–Crippen MR) is 396 cm³/mol. The number of furan rings is 5. The molecule has 4 N–H and O–H groups in total. The van der Waals surface area contributed by atoms with Crippen LogP contribution in [0.1, 0.15) is 66.2 Å². The van der Waals surface area contributed by atoms with Gasteiger partial charge < -0.3 is 80.8 Å². The average Bonchev–Trinajstić information content (AvgIpc) is 1.61. The van der Waals surface area contributed by atoms with Gasteiger partial charge >= 0.3 is 41.5 Å². The van der Waals surface area contributed by atoms with Crippen LogP contribution >= 0.6 is 0 Å². The molecule has 0 radical (unpaired) electrons. The Balaban J connectivity index is 0.000000166. The van der Waals surface area contributed by atoms with Crippen molar-refractivity contribution in [1.82, 2.24) is 10.2 Å². The molecule has 118 heavy (non-hydrogen) atoms. The Labute approximate surface area is 660 Å². The number of likely N-dealkylation sites (tertiary alicyclic amines) is 1. The molecule has 0 aliphatic carbocycles. The number of methoxy groups -OCH3 is 2. The van der Waals surface area contributed by atoms with Crippen molar-refractivity contribution in [2.75, 3.05) is 66.9 Å². The number of hydrogen-bond acceptors (Lipinski definition) is 20. The summed E-state index contributed by atoms with van der Waals surface area (Å²) in [6.45, 7) is 5.67. The number of ether oxygens (including phenoxy) is 7. The van der Waals surface area contributed by atoms with Gasteiger partial charge in [-0.25, -0.2) is 45.1 Å². The molecular formula is C83H71F13N2O20. The first kappa shape index (κ1) is 89.1. The maximum Gasteiger partial charge on any atom is 0.399 e. The Bertz CT molecular complexity index is 5520. The minimum absolute atomic E-state index is 0.0114. The number of carbonyl (C=O) groups excluding carboxylic acids is 4. The van der Waals surface area contributed by atoms with E-state index in [2.05, 4.69) is 19.2 Å². The number of phenolic OH excluding ortho intramolecular Hbond substituents is 1. The first-order valence-corrected chi connectivity index (χ1v) is 35.3. The number of nitrogens with zero attached hydrogens (tertiary/aromatic N) is 1. The second-order valence-electron chi connectivity index (χ2n) is 25.2. The van der Waals surface area contributed by atoms with Crippen LogP contribution in [0, 0.1) is 40.7 Å². The number of carboxylic acids is 1. The Morgan fingerprint density at radius 2 is 0.932 bits per heavy atom. The lowest BCUT2D eigenvalue weighted by atomic mass is 10.0. The van der Waals surface area contributed by atoms with Gasteiger partial charge in [0.2, 0.25) is 0 Å². The van der Waals surface area contributed by atoms with Gasteiger partial charge in [-0.1, -0.05) is 6.07 Å². The summed E-state index contributed by atoms with van der Waals surface area (Å²) in [5.41, 5.74) is 1.60. The zero-order valence-electron chi connectivity index (χ0n) is 62.4. The topological polar surface area (TPSA) is 292 Å². The number of halogens is 13. The highest BCUT2D eigenvalue weighted by Gasteiger charge is 2.48. The van der Waals surface area contributed by atoms with Crippen LogP contribution in [0.5, 0.6) is 23.0 Å². The largest absolute Gasteiger partial charge is 0.508 e. The normalized spacial score (nSPS) is 13.0. The van der Waals surface area contributed by atoms with E-state index >= 15 is 8.78 Å². The Morgan fingerprint density at radius 1 is 0.492 bits per heavy atom. The van der Waals surface area contributed by atoms with E-state index in [4.69, 9.17) is 51.6 Å². The Kier molecular flexibility index (Phi) is 30.7. The fourth-order valence-electron chi connectivity index (χ4n) is 11.0. The maximum absolute atomic E-state index is 15.1. The number of aromatic hydroxyl groups is 1. The highest BCUT2D eigenvalue weighted by molar-refractivity contribution is 6.40. The number of carbonyl (C=O) groups is 5. The lowest BCUT2D eigenvalue weighted by molar-refractivity contribution is -0.175. The third kappa shape index (κ3) is 23.9. The molecule has 624 valence electrons. The van der Waals surface area contributed by atoms with Crippen molar-refractivity contribution in [2.24, 2.45) is 0 Å². The van der Waals surface area contributed by atoms with Gasteiger partial charge in [0.15, 0.2) is 40.8 Å². The second-order valence-corrected chi connectivity index (χ2v) is 25.2. The van der Waals surface area contributed by atoms with Crippen LogP contribution < -0.4 is 19.5 Å². The Hall–Kier alpha value is -12.9. The molecule has 2 atom stereocenters. The van der Waals surface area contributed by atoms with Crippen molar-refractivity contribution in [2.45, 2.75) is 62.9 Å². The lowest BCUT2D eigenvalue weighted by Gasteiger charge is -2.30. The third-order valence-electron chi connectivity index (χ3n) is 16.8. The fourth-order valence-corrected chi connectivity index (χ4v) is 11.0. The van der Waals surface area contributed by atoms with Gasteiger partial charge in [0, 0.05) is 47.7 Å². The number of aliphatic hydroxyl groups excluding tert-OH is 1. The number of ketones is 1. The molecule has 2 aliphatic rings. The number of alkyl halides is 6. The molecule has 7 heterocycles. The molecule has 1 amide bonds. The van der Waals surface area contributed by atoms with Gasteiger partial charge in [0.05, 0.1) is 25.5 Å². The second kappa shape index (κ2) is 40.6. The summed E-state index contributed by atoms with van der Waals surface area (Å²) in [5, 5.41) is 31.9. The molecule has 0 unspecified atom stereocenters. The first-order chi connectivity index (χ1) is 56.2. The smallest absolute Gasteiger partial charge is 0.399 e. The van der Waals surface area contributed by atoms with Gasteiger partial charge in [0.25, 0.3) is 5.91 Å². The van der Waals surface area contributed by atoms with Crippen molar-refractivity contribution in [3.63, 3.8) is 0 Å². The van der Waals surface area contributed by atoms with Crippen LogP contribution in [-0.2, 0) is 55.9 Å². The highest BCUT2D eigenvalue weighted by Crippen LogP contribution is 2.39. The van der Waals surface area contributed by atoms with E-state index in [0.717, 1.165) is 97.6 Å². The molecule has 1 fully saturated rings. The molecule has 35 heteroatoms. The van der Waals surface area contributed by atoms with Gasteiger partial charge in [0.1, 0.15) is 106 Å². The summed E-state index contributed by atoms with van der Waals surface area (Å²) in [6.07, 6.45) is 1.76. The number of fused-ring (bicyclic) bond motifs is 6. The van der Waals surface area contributed by atoms with E-state index in [1.54, 1.807) is 55.7 Å². The van der Waals surface area contributed by atoms with Gasteiger partial charge in [-0.3, -0.25) is 9.59 Å². The summed E-state index contributed by atoms with van der Waals surface area (Å²) in [7, 11) is 3.06.